The van der Waals surface area contributed by atoms with Crippen LogP contribution in [0.4, 0.5) is 0 Å². The first kappa shape index (κ1) is 9.26. The van der Waals surface area contributed by atoms with E-state index < -0.39 is 0 Å². The Labute approximate surface area is 92.2 Å². The molecule has 1 aliphatic heterocycles. The first-order valence-electron chi connectivity index (χ1n) is 6.18. The van der Waals surface area contributed by atoms with Gasteiger partial charge in [0.1, 0.15) is 0 Å². The fourth-order valence-corrected chi connectivity index (χ4v) is 3.21. The number of likely N-dealkylation sites (tertiary alicyclic amines) is 1. The van der Waals surface area contributed by atoms with Crippen LogP contribution < -0.4 is 0 Å². The van der Waals surface area contributed by atoms with Crippen LogP contribution in [0.1, 0.15) is 19.8 Å². The highest BCUT2D eigenvalue weighted by Gasteiger charge is 2.35. The monoisotopic (exact) mass is 201 g/mol. The van der Waals surface area contributed by atoms with Crippen molar-refractivity contribution in [2.75, 3.05) is 13.1 Å². The molecule has 0 radical (unpaired) electrons. The summed E-state index contributed by atoms with van der Waals surface area (Å²) in [7, 11) is 0. The molecule has 15 heavy (non-hydrogen) atoms. The molecule has 0 amide bonds. The van der Waals surface area contributed by atoms with Crippen molar-refractivity contribution in [3.05, 3.63) is 36.1 Å². The zero-order chi connectivity index (χ0) is 10.3. The van der Waals surface area contributed by atoms with E-state index in [0.717, 1.165) is 5.92 Å². The topological polar surface area (TPSA) is 3.24 Å². The number of fused-ring (bicyclic) bond motifs is 1. The van der Waals surface area contributed by atoms with Crippen molar-refractivity contribution in [2.45, 2.75) is 19.8 Å². The summed E-state index contributed by atoms with van der Waals surface area (Å²) in [5.74, 6) is 2.11. The Hall–Kier alpha value is -0.980. The molecular formula is C14H19N. The van der Waals surface area contributed by atoms with Gasteiger partial charge in [-0.25, -0.2) is 0 Å². The summed E-state index contributed by atoms with van der Waals surface area (Å²) in [5, 5.41) is 0. The van der Waals surface area contributed by atoms with Gasteiger partial charge in [0.2, 0.25) is 0 Å². The molecule has 1 heteroatoms. The van der Waals surface area contributed by atoms with E-state index in [4.69, 9.17) is 0 Å². The number of hydrogen-bond donors (Lipinski definition) is 0. The molecule has 1 saturated heterocycles. The van der Waals surface area contributed by atoms with Gasteiger partial charge in [0.15, 0.2) is 0 Å². The Bertz CT molecular complexity index is 331. The molecule has 3 unspecified atom stereocenters. The van der Waals surface area contributed by atoms with E-state index >= 15 is 0 Å². The average molecular weight is 201 g/mol. The normalized spacial score (nSPS) is 38.3. The van der Waals surface area contributed by atoms with Gasteiger partial charge in [-0.05, 0) is 24.7 Å². The Morgan fingerprint density at radius 3 is 2.67 bits per heavy atom. The molecule has 3 atom stereocenters. The van der Waals surface area contributed by atoms with Gasteiger partial charge in [-0.1, -0.05) is 37.3 Å². The predicted octanol–water partition coefficient (Wildman–Crippen LogP) is 2.97. The minimum atomic E-state index is 0.670. The number of allylic oxidation sites excluding steroid dienone is 5. The van der Waals surface area contributed by atoms with Crippen molar-refractivity contribution < 1.29 is 0 Å². The molecule has 0 spiro atoms. The third-order valence-corrected chi connectivity index (χ3v) is 4.03. The van der Waals surface area contributed by atoms with Crippen molar-refractivity contribution in [3.63, 3.8) is 0 Å². The molecule has 0 aromatic carbocycles. The largest absolute Gasteiger partial charge is 0.375 e. The second-order valence-corrected chi connectivity index (χ2v) is 5.02. The van der Waals surface area contributed by atoms with E-state index in [9.17, 15) is 0 Å². The van der Waals surface area contributed by atoms with Crippen LogP contribution >= 0.6 is 0 Å². The molecule has 1 fully saturated rings. The molecule has 3 rings (SSSR count). The lowest BCUT2D eigenvalue weighted by Crippen LogP contribution is -2.24. The molecule has 0 aromatic rings. The second kappa shape index (κ2) is 3.55. The van der Waals surface area contributed by atoms with Crippen molar-refractivity contribution in [1.29, 1.82) is 0 Å². The predicted molar refractivity (Wildman–Crippen MR) is 63.3 cm³/mol. The Morgan fingerprint density at radius 2 is 1.87 bits per heavy atom. The number of nitrogens with zero attached hydrogens (tertiary/aromatic N) is 1. The summed E-state index contributed by atoms with van der Waals surface area (Å²) in [6, 6.07) is 0. The van der Waals surface area contributed by atoms with Gasteiger partial charge in [-0.15, -0.1) is 0 Å². The van der Waals surface area contributed by atoms with Gasteiger partial charge in [0.25, 0.3) is 0 Å². The molecule has 0 N–H and O–H groups in total. The van der Waals surface area contributed by atoms with Crippen molar-refractivity contribution in [2.24, 2.45) is 17.8 Å². The summed E-state index contributed by atoms with van der Waals surface area (Å²) in [5.41, 5.74) is 1.60. The first-order chi connectivity index (χ1) is 7.36. The van der Waals surface area contributed by atoms with Crippen LogP contribution in [-0.4, -0.2) is 18.0 Å². The fraction of sp³-hybridized carbons (Fsp3) is 0.571. The molecule has 1 heterocycles. The van der Waals surface area contributed by atoms with Crippen molar-refractivity contribution in [1.82, 2.24) is 4.90 Å². The minimum absolute atomic E-state index is 0.670. The lowest BCUT2D eigenvalue weighted by molar-refractivity contribution is 0.361. The van der Waals surface area contributed by atoms with Crippen LogP contribution in [0, 0.1) is 17.8 Å². The molecule has 0 bridgehead atoms. The molecule has 2 aliphatic carbocycles. The van der Waals surface area contributed by atoms with Crippen LogP contribution in [-0.2, 0) is 0 Å². The average Bonchev–Trinajstić information content (AvgIpc) is 2.87. The summed E-state index contributed by atoms with van der Waals surface area (Å²) in [4.78, 5) is 2.60. The van der Waals surface area contributed by atoms with Crippen LogP contribution in [0.5, 0.6) is 0 Å². The van der Waals surface area contributed by atoms with Crippen LogP contribution in [0.15, 0.2) is 36.1 Å². The fourth-order valence-electron chi connectivity index (χ4n) is 3.21. The highest BCUT2D eigenvalue weighted by atomic mass is 15.2. The molecular weight excluding hydrogens is 182 g/mol. The van der Waals surface area contributed by atoms with Crippen LogP contribution in [0.3, 0.4) is 0 Å². The summed E-state index contributed by atoms with van der Waals surface area (Å²) >= 11 is 0. The van der Waals surface area contributed by atoms with Crippen molar-refractivity contribution >= 4 is 0 Å². The smallest absolute Gasteiger partial charge is 0.0237 e. The lowest BCUT2D eigenvalue weighted by Gasteiger charge is -2.27. The van der Waals surface area contributed by atoms with Gasteiger partial charge in [0.05, 0.1) is 0 Å². The van der Waals surface area contributed by atoms with E-state index in [0.29, 0.717) is 11.8 Å². The molecule has 3 aliphatic rings. The van der Waals surface area contributed by atoms with Gasteiger partial charge >= 0.3 is 0 Å². The van der Waals surface area contributed by atoms with Gasteiger partial charge in [-0.3, -0.25) is 0 Å². The van der Waals surface area contributed by atoms with Crippen LogP contribution in [0.25, 0.3) is 0 Å². The molecule has 80 valence electrons. The highest BCUT2D eigenvalue weighted by Crippen LogP contribution is 2.42. The van der Waals surface area contributed by atoms with Crippen LogP contribution in [0.2, 0.25) is 0 Å². The SMILES string of the molecule is CC1C=C(N2CCCC2)C2C=CC=CC12. The maximum atomic E-state index is 2.60. The van der Waals surface area contributed by atoms with Gasteiger partial charge in [-0.2, -0.15) is 0 Å². The summed E-state index contributed by atoms with van der Waals surface area (Å²) in [6.45, 7) is 4.91. The Balaban J connectivity index is 1.86. The second-order valence-electron chi connectivity index (χ2n) is 5.02. The maximum absolute atomic E-state index is 2.60. The number of hydrogen-bond acceptors (Lipinski definition) is 1. The summed E-state index contributed by atoms with van der Waals surface area (Å²) in [6.07, 6.45) is 14.4. The Kier molecular flexibility index (Phi) is 2.19. The standard InChI is InChI=1S/C14H19N/c1-11-10-14(15-8-4-5-9-15)13-7-3-2-6-12(11)13/h2-3,6-7,10-13H,4-5,8-9H2,1H3. The molecule has 1 nitrogen and oxygen atoms in total. The summed E-state index contributed by atoms with van der Waals surface area (Å²) < 4.78 is 0. The molecule has 0 saturated carbocycles. The zero-order valence-corrected chi connectivity index (χ0v) is 9.39. The maximum Gasteiger partial charge on any atom is 0.0237 e. The third-order valence-electron chi connectivity index (χ3n) is 4.03. The van der Waals surface area contributed by atoms with E-state index in [1.807, 2.05) is 0 Å². The van der Waals surface area contributed by atoms with E-state index in [1.54, 1.807) is 5.70 Å². The first-order valence-corrected chi connectivity index (χ1v) is 6.18. The van der Waals surface area contributed by atoms with Crippen molar-refractivity contribution in [3.8, 4) is 0 Å². The van der Waals surface area contributed by atoms with E-state index in [2.05, 4.69) is 42.2 Å². The van der Waals surface area contributed by atoms with Gasteiger partial charge < -0.3 is 4.90 Å². The van der Waals surface area contributed by atoms with E-state index in [-0.39, 0.29) is 0 Å². The van der Waals surface area contributed by atoms with E-state index in [1.165, 1.54) is 25.9 Å². The number of rotatable bonds is 1. The quantitative estimate of drug-likeness (QED) is 0.630. The molecule has 0 aromatic heterocycles. The minimum Gasteiger partial charge on any atom is -0.375 e. The lowest BCUT2D eigenvalue weighted by atomic mass is 9.85. The zero-order valence-electron chi connectivity index (χ0n) is 9.39. The highest BCUT2D eigenvalue weighted by molar-refractivity contribution is 5.30. The third kappa shape index (κ3) is 1.45. The van der Waals surface area contributed by atoms with Gasteiger partial charge in [0, 0.05) is 24.7 Å². The Morgan fingerprint density at radius 1 is 1.13 bits per heavy atom.